The van der Waals surface area contributed by atoms with E-state index in [-0.39, 0.29) is 24.2 Å². The number of carbonyl (C=O) groups excluding carboxylic acids is 2. The predicted molar refractivity (Wildman–Crippen MR) is 83.4 cm³/mol. The number of Topliss-reactive ketones (excluding diaryl/α,β-unsaturated/α-hetero) is 1. The molecular formula is C17H16ClNO2. The first-order valence-corrected chi connectivity index (χ1v) is 7.05. The highest BCUT2D eigenvalue weighted by atomic mass is 35.5. The van der Waals surface area contributed by atoms with Gasteiger partial charge in [-0.1, -0.05) is 41.9 Å². The summed E-state index contributed by atoms with van der Waals surface area (Å²) in [5.41, 5.74) is 1.50. The van der Waals surface area contributed by atoms with Crippen LogP contribution in [-0.2, 0) is 4.79 Å². The van der Waals surface area contributed by atoms with E-state index in [0.717, 1.165) is 5.56 Å². The largest absolute Gasteiger partial charge is 0.349 e. The van der Waals surface area contributed by atoms with Gasteiger partial charge in [-0.3, -0.25) is 9.59 Å². The lowest BCUT2D eigenvalue weighted by Crippen LogP contribution is -2.28. The number of hydrogen-bond donors (Lipinski definition) is 1. The summed E-state index contributed by atoms with van der Waals surface area (Å²) in [6.45, 7) is 1.45. The number of carbonyl (C=O) groups is 2. The molecule has 1 atom stereocenters. The molecule has 0 aliphatic rings. The number of ketones is 1. The summed E-state index contributed by atoms with van der Waals surface area (Å²) in [5, 5.41) is 3.41. The lowest BCUT2D eigenvalue weighted by molar-refractivity contribution is -0.119. The van der Waals surface area contributed by atoms with Gasteiger partial charge in [0.1, 0.15) is 0 Å². The molecule has 0 unspecified atom stereocenters. The van der Waals surface area contributed by atoms with Crippen LogP contribution in [0.25, 0.3) is 0 Å². The molecule has 0 heterocycles. The van der Waals surface area contributed by atoms with Crippen LogP contribution in [-0.4, -0.2) is 11.7 Å². The Morgan fingerprint density at radius 2 is 1.67 bits per heavy atom. The van der Waals surface area contributed by atoms with Crippen molar-refractivity contribution in [1.82, 2.24) is 5.32 Å². The predicted octanol–water partition coefficient (Wildman–Crippen LogP) is 3.79. The molecule has 3 nitrogen and oxygen atoms in total. The van der Waals surface area contributed by atoms with E-state index in [9.17, 15) is 9.59 Å². The number of hydrogen-bond acceptors (Lipinski definition) is 2. The van der Waals surface area contributed by atoms with Crippen molar-refractivity contribution in [2.24, 2.45) is 0 Å². The van der Waals surface area contributed by atoms with E-state index < -0.39 is 0 Å². The van der Waals surface area contributed by atoms with Crippen LogP contribution in [0.5, 0.6) is 0 Å². The first-order chi connectivity index (χ1) is 10.1. The van der Waals surface area contributed by atoms with Gasteiger partial charge in [0.15, 0.2) is 5.78 Å². The van der Waals surface area contributed by atoms with Gasteiger partial charge < -0.3 is 5.32 Å². The molecule has 108 valence electrons. The van der Waals surface area contributed by atoms with Crippen molar-refractivity contribution in [3.63, 3.8) is 0 Å². The zero-order chi connectivity index (χ0) is 15.2. The highest BCUT2D eigenvalue weighted by Crippen LogP contribution is 2.20. The van der Waals surface area contributed by atoms with Crippen molar-refractivity contribution >= 4 is 23.3 Å². The second-order valence-electron chi connectivity index (χ2n) is 4.80. The Hall–Kier alpha value is -2.13. The molecule has 0 spiro atoms. The minimum absolute atomic E-state index is 0.0331. The normalized spacial score (nSPS) is 11.7. The molecule has 0 saturated heterocycles. The fourth-order valence-electron chi connectivity index (χ4n) is 2.12. The quantitative estimate of drug-likeness (QED) is 0.854. The van der Waals surface area contributed by atoms with Crippen LogP contribution in [0.15, 0.2) is 54.6 Å². The number of rotatable bonds is 5. The summed E-state index contributed by atoms with van der Waals surface area (Å²) in [4.78, 5) is 23.7. The van der Waals surface area contributed by atoms with Crippen molar-refractivity contribution < 1.29 is 9.59 Å². The third-order valence-electron chi connectivity index (χ3n) is 3.14. The second kappa shape index (κ2) is 7.04. The van der Waals surface area contributed by atoms with Crippen LogP contribution in [0, 0.1) is 0 Å². The molecule has 2 aromatic rings. The zero-order valence-corrected chi connectivity index (χ0v) is 12.4. The molecule has 21 heavy (non-hydrogen) atoms. The Kier molecular flexibility index (Phi) is 5.12. The van der Waals surface area contributed by atoms with Gasteiger partial charge >= 0.3 is 0 Å². The molecule has 1 amide bonds. The van der Waals surface area contributed by atoms with Gasteiger partial charge in [0.2, 0.25) is 5.91 Å². The highest BCUT2D eigenvalue weighted by Gasteiger charge is 2.17. The maximum absolute atomic E-state index is 12.3. The van der Waals surface area contributed by atoms with E-state index >= 15 is 0 Å². The lowest BCUT2D eigenvalue weighted by Gasteiger charge is -2.17. The highest BCUT2D eigenvalue weighted by molar-refractivity contribution is 6.30. The maximum Gasteiger partial charge on any atom is 0.217 e. The van der Waals surface area contributed by atoms with Gasteiger partial charge in [0.05, 0.1) is 6.04 Å². The number of benzene rings is 2. The molecule has 0 saturated carbocycles. The molecule has 0 aliphatic heterocycles. The average molecular weight is 302 g/mol. The Morgan fingerprint density at radius 1 is 1.05 bits per heavy atom. The fourth-order valence-corrected chi connectivity index (χ4v) is 2.25. The Labute approximate surface area is 128 Å². The molecule has 0 aromatic heterocycles. The summed E-state index contributed by atoms with van der Waals surface area (Å²) in [6, 6.07) is 15.9. The van der Waals surface area contributed by atoms with Crippen LogP contribution in [0.1, 0.15) is 35.3 Å². The van der Waals surface area contributed by atoms with Crippen molar-refractivity contribution in [2.75, 3.05) is 0 Å². The Morgan fingerprint density at radius 3 is 2.24 bits per heavy atom. The topological polar surface area (TPSA) is 46.2 Å². The molecule has 2 rings (SSSR count). The van der Waals surface area contributed by atoms with Gasteiger partial charge in [0, 0.05) is 23.9 Å². The minimum atomic E-state index is -0.327. The molecular weight excluding hydrogens is 286 g/mol. The van der Waals surface area contributed by atoms with Crippen molar-refractivity contribution in [3.8, 4) is 0 Å². The van der Waals surface area contributed by atoms with E-state index in [1.54, 1.807) is 24.3 Å². The summed E-state index contributed by atoms with van der Waals surface area (Å²) < 4.78 is 0. The molecule has 1 N–H and O–H groups in total. The second-order valence-corrected chi connectivity index (χ2v) is 5.23. The third kappa shape index (κ3) is 4.43. The lowest BCUT2D eigenvalue weighted by atomic mass is 9.98. The smallest absolute Gasteiger partial charge is 0.217 e. The van der Waals surface area contributed by atoms with Crippen LogP contribution in [0.4, 0.5) is 0 Å². The van der Waals surface area contributed by atoms with Gasteiger partial charge in [-0.15, -0.1) is 0 Å². The van der Waals surface area contributed by atoms with Crippen molar-refractivity contribution in [3.05, 3.63) is 70.7 Å². The van der Waals surface area contributed by atoms with E-state index in [1.165, 1.54) is 6.92 Å². The standard InChI is InChI=1S/C17H16ClNO2/c1-12(20)19-16(13-5-3-2-4-6-13)11-17(21)14-7-9-15(18)10-8-14/h2-10,16H,11H2,1H3,(H,19,20)/t16-/m0/s1. The molecule has 2 aromatic carbocycles. The van der Waals surface area contributed by atoms with Crippen molar-refractivity contribution in [2.45, 2.75) is 19.4 Å². The molecule has 0 bridgehead atoms. The maximum atomic E-state index is 12.3. The van der Waals surface area contributed by atoms with E-state index in [1.807, 2.05) is 30.3 Å². The molecule has 4 heteroatoms. The van der Waals surface area contributed by atoms with E-state index in [0.29, 0.717) is 10.6 Å². The Bertz CT molecular complexity index is 623. The van der Waals surface area contributed by atoms with E-state index in [2.05, 4.69) is 5.32 Å². The van der Waals surface area contributed by atoms with Gasteiger partial charge in [-0.25, -0.2) is 0 Å². The summed E-state index contributed by atoms with van der Waals surface area (Å²) in [7, 11) is 0. The summed E-state index contributed by atoms with van der Waals surface area (Å²) in [6.07, 6.45) is 0.214. The first kappa shape index (κ1) is 15.3. The molecule has 0 radical (unpaired) electrons. The first-order valence-electron chi connectivity index (χ1n) is 6.67. The number of amides is 1. The SMILES string of the molecule is CC(=O)N[C@@H](CC(=O)c1ccc(Cl)cc1)c1ccccc1. The molecule has 0 aliphatic carbocycles. The minimum Gasteiger partial charge on any atom is -0.349 e. The summed E-state index contributed by atoms with van der Waals surface area (Å²) in [5.74, 6) is -0.193. The molecule has 0 fully saturated rings. The van der Waals surface area contributed by atoms with Gasteiger partial charge in [-0.2, -0.15) is 0 Å². The van der Waals surface area contributed by atoms with Crippen LogP contribution < -0.4 is 5.32 Å². The monoisotopic (exact) mass is 301 g/mol. The van der Waals surface area contributed by atoms with Crippen molar-refractivity contribution in [1.29, 1.82) is 0 Å². The van der Waals surface area contributed by atoms with Crippen LogP contribution >= 0.6 is 11.6 Å². The fraction of sp³-hybridized carbons (Fsp3) is 0.176. The zero-order valence-electron chi connectivity index (χ0n) is 11.7. The van der Waals surface area contributed by atoms with Crippen LogP contribution in [0.3, 0.4) is 0 Å². The number of nitrogens with one attached hydrogen (secondary N) is 1. The number of halogens is 1. The van der Waals surface area contributed by atoms with Gasteiger partial charge in [-0.05, 0) is 29.8 Å². The summed E-state index contributed by atoms with van der Waals surface area (Å²) >= 11 is 5.82. The van der Waals surface area contributed by atoms with Crippen LogP contribution in [0.2, 0.25) is 5.02 Å². The third-order valence-corrected chi connectivity index (χ3v) is 3.39. The van der Waals surface area contributed by atoms with E-state index in [4.69, 9.17) is 11.6 Å². The average Bonchev–Trinajstić information content (AvgIpc) is 2.47. The van der Waals surface area contributed by atoms with Gasteiger partial charge in [0.25, 0.3) is 0 Å². The Balaban J connectivity index is 2.17.